The van der Waals surface area contributed by atoms with E-state index in [1.807, 2.05) is 16.7 Å². The maximum atomic E-state index is 12.0. The molecule has 2 unspecified atom stereocenters. The van der Waals surface area contributed by atoms with Gasteiger partial charge in [0.05, 0.1) is 0 Å². The molecule has 16 heavy (non-hydrogen) atoms. The molecule has 1 aliphatic rings. The van der Waals surface area contributed by atoms with Crippen LogP contribution in [0.2, 0.25) is 0 Å². The van der Waals surface area contributed by atoms with Gasteiger partial charge in [-0.15, -0.1) is 0 Å². The Hall–Kier alpha value is -0.220. The Labute approximate surface area is 103 Å². The minimum Gasteiger partial charge on any atom is -0.337 e. The zero-order valence-corrected chi connectivity index (χ0v) is 11.5. The van der Waals surface area contributed by atoms with Crippen LogP contribution in [0.5, 0.6) is 0 Å². The molecule has 3 nitrogen and oxygen atoms in total. The molecule has 1 aliphatic heterocycles. The highest BCUT2D eigenvalue weighted by Crippen LogP contribution is 2.12. The fourth-order valence-electron chi connectivity index (χ4n) is 2.07. The summed E-state index contributed by atoms with van der Waals surface area (Å²) in [6.45, 7) is 6.09. The highest BCUT2D eigenvalue weighted by molar-refractivity contribution is 7.98. The van der Waals surface area contributed by atoms with Crippen LogP contribution in [0.15, 0.2) is 0 Å². The zero-order valence-electron chi connectivity index (χ0n) is 10.7. The third kappa shape index (κ3) is 3.98. The van der Waals surface area contributed by atoms with Gasteiger partial charge in [-0.05, 0) is 38.7 Å². The number of unbranched alkanes of at least 4 members (excludes halogenated alkanes) is 1. The van der Waals surface area contributed by atoms with Crippen LogP contribution in [0.4, 0.5) is 0 Å². The Balaban J connectivity index is 2.29. The molecular formula is C12H24N2OS. The number of carbonyl (C=O) groups is 1. The lowest BCUT2D eigenvalue weighted by Crippen LogP contribution is -2.57. The van der Waals surface area contributed by atoms with Crippen molar-refractivity contribution in [2.24, 2.45) is 0 Å². The molecule has 1 heterocycles. The first-order valence-electron chi connectivity index (χ1n) is 6.18. The van der Waals surface area contributed by atoms with Crippen LogP contribution in [0.25, 0.3) is 0 Å². The van der Waals surface area contributed by atoms with E-state index in [1.54, 1.807) is 0 Å². The number of hydrogen-bond acceptors (Lipinski definition) is 3. The van der Waals surface area contributed by atoms with Crippen molar-refractivity contribution in [3.63, 3.8) is 0 Å². The van der Waals surface area contributed by atoms with Gasteiger partial charge in [-0.1, -0.05) is 0 Å². The molecule has 0 bridgehead atoms. The third-order valence-electron chi connectivity index (χ3n) is 3.34. The summed E-state index contributed by atoms with van der Waals surface area (Å²) in [6, 6.07) is 0.755. The van der Waals surface area contributed by atoms with Gasteiger partial charge >= 0.3 is 0 Å². The molecule has 0 aromatic carbocycles. The average Bonchev–Trinajstić information content (AvgIpc) is 2.28. The van der Waals surface area contributed by atoms with E-state index in [1.165, 1.54) is 5.75 Å². The summed E-state index contributed by atoms with van der Waals surface area (Å²) >= 11 is 1.85. The van der Waals surface area contributed by atoms with Crippen LogP contribution in [0, 0.1) is 0 Å². The van der Waals surface area contributed by atoms with Crippen molar-refractivity contribution in [2.75, 3.05) is 25.1 Å². The maximum Gasteiger partial charge on any atom is 0.222 e. The van der Waals surface area contributed by atoms with Gasteiger partial charge in [-0.25, -0.2) is 0 Å². The predicted molar refractivity (Wildman–Crippen MR) is 70.9 cm³/mol. The Kier molecular flexibility index (Phi) is 6.21. The van der Waals surface area contributed by atoms with E-state index >= 15 is 0 Å². The first-order valence-corrected chi connectivity index (χ1v) is 7.58. The largest absolute Gasteiger partial charge is 0.337 e. The van der Waals surface area contributed by atoms with Crippen LogP contribution in [-0.4, -0.2) is 48.0 Å². The molecule has 4 heteroatoms. The maximum absolute atomic E-state index is 12.0. The number of amides is 1. The first kappa shape index (κ1) is 13.8. The zero-order chi connectivity index (χ0) is 12.0. The van der Waals surface area contributed by atoms with Gasteiger partial charge < -0.3 is 10.2 Å². The molecular weight excluding hydrogens is 220 g/mol. The second-order valence-corrected chi connectivity index (χ2v) is 5.51. The molecule has 1 rings (SSSR count). The number of hydrogen-bond donors (Lipinski definition) is 1. The monoisotopic (exact) mass is 244 g/mol. The molecule has 1 N–H and O–H groups in total. The predicted octanol–water partition coefficient (Wildman–Crippen LogP) is 1.73. The van der Waals surface area contributed by atoms with Gasteiger partial charge in [0.1, 0.15) is 0 Å². The van der Waals surface area contributed by atoms with Crippen molar-refractivity contribution < 1.29 is 4.79 Å². The lowest BCUT2D eigenvalue weighted by atomic mass is 10.1. The molecule has 0 spiro atoms. The van der Waals surface area contributed by atoms with Crippen LogP contribution in [-0.2, 0) is 4.79 Å². The fraction of sp³-hybridized carbons (Fsp3) is 0.917. The molecule has 0 aromatic heterocycles. The molecule has 1 saturated heterocycles. The van der Waals surface area contributed by atoms with Crippen molar-refractivity contribution in [1.82, 2.24) is 10.2 Å². The molecule has 0 aromatic rings. The topological polar surface area (TPSA) is 32.3 Å². The normalized spacial score (nSPS) is 25.8. The molecule has 0 saturated carbocycles. The molecule has 0 aliphatic carbocycles. The molecule has 1 amide bonds. The number of rotatable bonds is 5. The molecule has 1 fully saturated rings. The van der Waals surface area contributed by atoms with Gasteiger partial charge in [0.2, 0.25) is 5.91 Å². The fourth-order valence-corrected chi connectivity index (χ4v) is 2.57. The van der Waals surface area contributed by atoms with E-state index in [-0.39, 0.29) is 0 Å². The highest BCUT2D eigenvalue weighted by Gasteiger charge is 2.27. The summed E-state index contributed by atoms with van der Waals surface area (Å²) in [4.78, 5) is 14.1. The Morgan fingerprint density at radius 3 is 2.88 bits per heavy atom. The highest BCUT2D eigenvalue weighted by atomic mass is 32.2. The van der Waals surface area contributed by atoms with E-state index in [2.05, 4.69) is 25.4 Å². The van der Waals surface area contributed by atoms with Crippen LogP contribution in [0.1, 0.15) is 33.1 Å². The summed E-state index contributed by atoms with van der Waals surface area (Å²) < 4.78 is 0. The number of thioether (sulfide) groups is 1. The van der Waals surface area contributed by atoms with Crippen molar-refractivity contribution in [3.8, 4) is 0 Å². The van der Waals surface area contributed by atoms with E-state index < -0.39 is 0 Å². The summed E-state index contributed by atoms with van der Waals surface area (Å²) in [5, 5.41) is 3.40. The lowest BCUT2D eigenvalue weighted by Gasteiger charge is -2.38. The van der Waals surface area contributed by atoms with E-state index in [0.29, 0.717) is 18.0 Å². The smallest absolute Gasteiger partial charge is 0.222 e. The van der Waals surface area contributed by atoms with Gasteiger partial charge in [0.15, 0.2) is 0 Å². The number of piperazine rings is 1. The van der Waals surface area contributed by atoms with Crippen molar-refractivity contribution in [3.05, 3.63) is 0 Å². The molecule has 2 atom stereocenters. The summed E-state index contributed by atoms with van der Waals surface area (Å²) in [6.07, 6.45) is 5.02. The SMILES string of the molecule is CSCCCCC(=O)N1CCNC(C)C1C. The van der Waals surface area contributed by atoms with Gasteiger partial charge in [0.25, 0.3) is 0 Å². The number of carbonyl (C=O) groups excluding carboxylic acids is 1. The Morgan fingerprint density at radius 1 is 1.44 bits per heavy atom. The average molecular weight is 244 g/mol. The second kappa shape index (κ2) is 7.17. The number of nitrogens with zero attached hydrogens (tertiary/aromatic N) is 1. The van der Waals surface area contributed by atoms with E-state index in [4.69, 9.17) is 0 Å². The van der Waals surface area contributed by atoms with E-state index in [0.717, 1.165) is 32.4 Å². The van der Waals surface area contributed by atoms with Crippen molar-refractivity contribution >= 4 is 17.7 Å². The van der Waals surface area contributed by atoms with E-state index in [9.17, 15) is 4.79 Å². The third-order valence-corrected chi connectivity index (χ3v) is 4.04. The van der Waals surface area contributed by atoms with Crippen molar-refractivity contribution in [2.45, 2.75) is 45.2 Å². The first-order chi connectivity index (χ1) is 7.66. The number of nitrogens with one attached hydrogen (secondary N) is 1. The van der Waals surface area contributed by atoms with Crippen LogP contribution >= 0.6 is 11.8 Å². The van der Waals surface area contributed by atoms with Crippen LogP contribution < -0.4 is 5.32 Å². The summed E-state index contributed by atoms with van der Waals surface area (Å²) in [7, 11) is 0. The quantitative estimate of drug-likeness (QED) is 0.748. The summed E-state index contributed by atoms with van der Waals surface area (Å²) in [5.74, 6) is 1.50. The van der Waals surface area contributed by atoms with Crippen LogP contribution in [0.3, 0.4) is 0 Å². The van der Waals surface area contributed by atoms with Gasteiger partial charge in [-0.3, -0.25) is 4.79 Å². The van der Waals surface area contributed by atoms with Gasteiger partial charge in [-0.2, -0.15) is 11.8 Å². The second-order valence-electron chi connectivity index (χ2n) is 4.52. The Morgan fingerprint density at radius 2 is 2.19 bits per heavy atom. The minimum absolute atomic E-state index is 0.335. The minimum atomic E-state index is 0.335. The van der Waals surface area contributed by atoms with Crippen molar-refractivity contribution in [1.29, 1.82) is 0 Å². The Bertz CT molecular complexity index is 223. The summed E-state index contributed by atoms with van der Waals surface area (Å²) in [5.41, 5.74) is 0. The standard InChI is InChI=1S/C12H24N2OS/c1-10-11(2)14(8-7-13-10)12(15)6-4-5-9-16-3/h10-11,13H,4-9H2,1-3H3. The lowest BCUT2D eigenvalue weighted by molar-refractivity contribution is -0.134. The molecule has 94 valence electrons. The van der Waals surface area contributed by atoms with Gasteiger partial charge in [0, 0.05) is 31.6 Å². The molecule has 0 radical (unpaired) electrons.